The Morgan fingerprint density at radius 2 is 2.10 bits per heavy atom. The number of halogens is 1. The lowest BCUT2D eigenvalue weighted by molar-refractivity contribution is 0.412. The van der Waals surface area contributed by atoms with Gasteiger partial charge in [0.15, 0.2) is 0 Å². The first-order chi connectivity index (χ1) is 9.58. The van der Waals surface area contributed by atoms with Gasteiger partial charge in [-0.25, -0.2) is 0 Å². The van der Waals surface area contributed by atoms with E-state index in [2.05, 4.69) is 45.3 Å². The Bertz CT molecular complexity index is 586. The lowest BCUT2D eigenvalue weighted by Gasteiger charge is -2.15. The third-order valence-electron chi connectivity index (χ3n) is 3.15. The molecule has 3 nitrogen and oxygen atoms in total. The van der Waals surface area contributed by atoms with Crippen LogP contribution in [0, 0.1) is 6.92 Å². The predicted molar refractivity (Wildman–Crippen MR) is 84.9 cm³/mol. The molecule has 1 aromatic carbocycles. The van der Waals surface area contributed by atoms with Crippen LogP contribution in [0.2, 0.25) is 0 Å². The van der Waals surface area contributed by atoms with Crippen molar-refractivity contribution in [1.29, 1.82) is 0 Å². The third kappa shape index (κ3) is 4.05. The fourth-order valence-corrected chi connectivity index (χ4v) is 2.48. The van der Waals surface area contributed by atoms with Crippen molar-refractivity contribution in [2.24, 2.45) is 0 Å². The number of methoxy groups -OCH3 is 1. The first-order valence-electron chi connectivity index (χ1n) is 6.59. The molecule has 0 fully saturated rings. The van der Waals surface area contributed by atoms with Gasteiger partial charge in [-0.2, -0.15) is 0 Å². The molecule has 20 heavy (non-hydrogen) atoms. The van der Waals surface area contributed by atoms with Crippen molar-refractivity contribution >= 4 is 15.9 Å². The number of nitrogens with zero attached hydrogens (tertiary/aromatic N) is 1. The molecule has 1 unspecified atom stereocenters. The SMILES string of the molecule is COc1cc(C)nc(CNC(C)c2cccc(Br)c2)c1. The maximum absolute atomic E-state index is 5.27. The number of aryl methyl sites for hydroxylation is 1. The van der Waals surface area contributed by atoms with Gasteiger partial charge in [0.25, 0.3) is 0 Å². The van der Waals surface area contributed by atoms with Crippen LogP contribution in [0.4, 0.5) is 0 Å². The second kappa shape index (κ2) is 6.86. The fourth-order valence-electron chi connectivity index (χ4n) is 2.06. The minimum atomic E-state index is 0.265. The topological polar surface area (TPSA) is 34.1 Å². The summed E-state index contributed by atoms with van der Waals surface area (Å²) in [5, 5.41) is 3.48. The number of nitrogens with one attached hydrogen (secondary N) is 1. The van der Waals surface area contributed by atoms with E-state index in [9.17, 15) is 0 Å². The fraction of sp³-hybridized carbons (Fsp3) is 0.312. The van der Waals surface area contributed by atoms with Gasteiger partial charge in [-0.1, -0.05) is 28.1 Å². The van der Waals surface area contributed by atoms with Crippen molar-refractivity contribution in [3.05, 3.63) is 57.8 Å². The first kappa shape index (κ1) is 15.0. The summed E-state index contributed by atoms with van der Waals surface area (Å²) in [6.45, 7) is 4.84. The summed E-state index contributed by atoms with van der Waals surface area (Å²) in [6.07, 6.45) is 0. The van der Waals surface area contributed by atoms with Crippen molar-refractivity contribution in [1.82, 2.24) is 10.3 Å². The van der Waals surface area contributed by atoms with E-state index in [-0.39, 0.29) is 6.04 Å². The molecule has 0 radical (unpaired) electrons. The summed E-state index contributed by atoms with van der Waals surface area (Å²) >= 11 is 3.50. The molecule has 1 aromatic heterocycles. The van der Waals surface area contributed by atoms with Crippen LogP contribution in [0.5, 0.6) is 5.75 Å². The summed E-state index contributed by atoms with van der Waals surface area (Å²) in [4.78, 5) is 4.51. The Morgan fingerprint density at radius 1 is 1.30 bits per heavy atom. The zero-order chi connectivity index (χ0) is 14.5. The van der Waals surface area contributed by atoms with E-state index in [1.165, 1.54) is 5.56 Å². The molecule has 0 saturated carbocycles. The Hall–Kier alpha value is -1.39. The molecule has 0 spiro atoms. The quantitative estimate of drug-likeness (QED) is 0.896. The molecule has 1 atom stereocenters. The molecule has 0 saturated heterocycles. The van der Waals surface area contributed by atoms with Gasteiger partial charge in [-0.3, -0.25) is 4.98 Å². The maximum Gasteiger partial charge on any atom is 0.122 e. The van der Waals surface area contributed by atoms with Crippen LogP contribution in [-0.2, 0) is 6.54 Å². The molecular formula is C16H19BrN2O. The van der Waals surface area contributed by atoms with Crippen LogP contribution in [0.1, 0.15) is 29.9 Å². The van der Waals surface area contributed by atoms with Crippen LogP contribution in [-0.4, -0.2) is 12.1 Å². The van der Waals surface area contributed by atoms with Crippen molar-refractivity contribution in [3.63, 3.8) is 0 Å². The lowest BCUT2D eigenvalue weighted by atomic mass is 10.1. The van der Waals surface area contributed by atoms with E-state index in [1.54, 1.807) is 7.11 Å². The van der Waals surface area contributed by atoms with Crippen molar-refractivity contribution in [2.45, 2.75) is 26.4 Å². The first-order valence-corrected chi connectivity index (χ1v) is 7.38. The van der Waals surface area contributed by atoms with E-state index in [0.29, 0.717) is 6.54 Å². The highest BCUT2D eigenvalue weighted by Gasteiger charge is 2.07. The number of aromatic nitrogens is 1. The molecule has 1 heterocycles. The van der Waals surface area contributed by atoms with Gasteiger partial charge >= 0.3 is 0 Å². The summed E-state index contributed by atoms with van der Waals surface area (Å²) in [6, 6.07) is 12.5. The molecule has 4 heteroatoms. The molecule has 0 amide bonds. The molecule has 2 aromatic rings. The van der Waals surface area contributed by atoms with E-state index in [4.69, 9.17) is 4.74 Å². The molecule has 0 aliphatic carbocycles. The monoisotopic (exact) mass is 334 g/mol. The number of benzene rings is 1. The van der Waals surface area contributed by atoms with E-state index < -0.39 is 0 Å². The van der Waals surface area contributed by atoms with Gasteiger partial charge in [0.05, 0.1) is 12.8 Å². The molecule has 106 valence electrons. The van der Waals surface area contributed by atoms with Crippen LogP contribution >= 0.6 is 15.9 Å². The number of hydrogen-bond acceptors (Lipinski definition) is 3. The zero-order valence-corrected chi connectivity index (χ0v) is 13.6. The van der Waals surface area contributed by atoms with Gasteiger partial charge in [-0.05, 0) is 31.5 Å². The van der Waals surface area contributed by atoms with Gasteiger partial charge < -0.3 is 10.1 Å². The third-order valence-corrected chi connectivity index (χ3v) is 3.65. The Balaban J connectivity index is 2.03. The van der Waals surface area contributed by atoms with Crippen LogP contribution in [0.25, 0.3) is 0 Å². The van der Waals surface area contributed by atoms with Gasteiger partial charge in [0.1, 0.15) is 5.75 Å². The Morgan fingerprint density at radius 3 is 2.80 bits per heavy atom. The molecule has 0 aliphatic rings. The van der Waals surface area contributed by atoms with Crippen molar-refractivity contribution in [2.75, 3.05) is 7.11 Å². The standard InChI is InChI=1S/C16H19BrN2O/c1-11-7-16(20-3)9-15(19-11)10-18-12(2)13-5-4-6-14(17)8-13/h4-9,12,18H,10H2,1-3H3. The average molecular weight is 335 g/mol. The number of pyridine rings is 1. The smallest absolute Gasteiger partial charge is 0.122 e. The molecular weight excluding hydrogens is 316 g/mol. The molecule has 1 N–H and O–H groups in total. The van der Waals surface area contributed by atoms with E-state index >= 15 is 0 Å². The normalized spacial score (nSPS) is 12.2. The van der Waals surface area contributed by atoms with Crippen molar-refractivity contribution in [3.8, 4) is 5.75 Å². The highest BCUT2D eigenvalue weighted by atomic mass is 79.9. The predicted octanol–water partition coefficient (Wildman–Crippen LogP) is 4.01. The minimum Gasteiger partial charge on any atom is -0.497 e. The van der Waals surface area contributed by atoms with Gasteiger partial charge in [0.2, 0.25) is 0 Å². The highest BCUT2D eigenvalue weighted by Crippen LogP contribution is 2.19. The summed E-state index contributed by atoms with van der Waals surface area (Å²) in [5.74, 6) is 0.851. The second-order valence-corrected chi connectivity index (χ2v) is 5.71. The summed E-state index contributed by atoms with van der Waals surface area (Å²) in [7, 11) is 1.68. The average Bonchev–Trinajstić information content (AvgIpc) is 2.44. The molecule has 2 rings (SSSR count). The maximum atomic E-state index is 5.27. The van der Waals surface area contributed by atoms with Gasteiger partial charge in [0, 0.05) is 34.9 Å². The summed E-state index contributed by atoms with van der Waals surface area (Å²) < 4.78 is 6.37. The number of rotatable bonds is 5. The minimum absolute atomic E-state index is 0.265. The number of ether oxygens (including phenoxy) is 1. The van der Waals surface area contributed by atoms with E-state index in [0.717, 1.165) is 21.6 Å². The van der Waals surface area contributed by atoms with Crippen molar-refractivity contribution < 1.29 is 4.74 Å². The summed E-state index contributed by atoms with van der Waals surface area (Å²) in [5.41, 5.74) is 3.21. The molecule has 0 aliphatic heterocycles. The van der Waals surface area contributed by atoms with Gasteiger partial charge in [-0.15, -0.1) is 0 Å². The Kier molecular flexibility index (Phi) is 5.15. The second-order valence-electron chi connectivity index (χ2n) is 4.80. The van der Waals surface area contributed by atoms with Crippen LogP contribution < -0.4 is 10.1 Å². The lowest BCUT2D eigenvalue weighted by Crippen LogP contribution is -2.19. The van der Waals surface area contributed by atoms with Crippen LogP contribution in [0.15, 0.2) is 40.9 Å². The molecule has 0 bridgehead atoms. The van der Waals surface area contributed by atoms with Crippen LogP contribution in [0.3, 0.4) is 0 Å². The number of hydrogen-bond donors (Lipinski definition) is 1. The Labute approximate surface area is 128 Å². The largest absolute Gasteiger partial charge is 0.497 e. The highest BCUT2D eigenvalue weighted by molar-refractivity contribution is 9.10. The zero-order valence-electron chi connectivity index (χ0n) is 12.0. The van der Waals surface area contributed by atoms with E-state index in [1.807, 2.05) is 31.2 Å².